The first-order chi connectivity index (χ1) is 9.81. The summed E-state index contributed by atoms with van der Waals surface area (Å²) in [6.07, 6.45) is 0. The molecule has 8 heteroatoms. The van der Waals surface area contributed by atoms with E-state index < -0.39 is 10.0 Å². The topological polar surface area (TPSA) is 46.2 Å². The summed E-state index contributed by atoms with van der Waals surface area (Å²) in [6.45, 7) is 0.0158. The standard InChI is InChI=1S/C13H9Cl4NO2S/c14-10-5-4-9(6-12(10)16)21(19,20)18-7-8-2-1-3-11(15)13(8)17/h1-6,18H,7H2. The lowest BCUT2D eigenvalue weighted by Crippen LogP contribution is -2.23. The molecule has 0 spiro atoms. The molecular formula is C13H9Cl4NO2S. The molecule has 0 aromatic heterocycles. The van der Waals surface area contributed by atoms with Crippen LogP contribution in [0.3, 0.4) is 0 Å². The minimum Gasteiger partial charge on any atom is -0.207 e. The molecule has 2 aromatic rings. The summed E-state index contributed by atoms with van der Waals surface area (Å²) in [5.41, 5.74) is 0.577. The summed E-state index contributed by atoms with van der Waals surface area (Å²) in [5.74, 6) is 0. The highest BCUT2D eigenvalue weighted by Gasteiger charge is 2.16. The molecule has 0 heterocycles. The second-order valence-corrected chi connectivity index (χ2v) is 7.48. The van der Waals surface area contributed by atoms with Gasteiger partial charge in [0.25, 0.3) is 0 Å². The molecule has 2 aromatic carbocycles. The van der Waals surface area contributed by atoms with E-state index in [0.717, 1.165) is 0 Å². The number of hydrogen-bond donors (Lipinski definition) is 1. The second kappa shape index (κ2) is 6.73. The molecule has 0 atom stereocenters. The number of rotatable bonds is 4. The first-order valence-corrected chi connectivity index (χ1v) is 8.68. The molecular weight excluding hydrogens is 376 g/mol. The van der Waals surface area contributed by atoms with E-state index in [1.165, 1.54) is 18.2 Å². The van der Waals surface area contributed by atoms with Gasteiger partial charge in [0, 0.05) is 6.54 Å². The second-order valence-electron chi connectivity index (χ2n) is 4.11. The number of nitrogens with one attached hydrogen (secondary N) is 1. The van der Waals surface area contributed by atoms with Gasteiger partial charge >= 0.3 is 0 Å². The van der Waals surface area contributed by atoms with E-state index in [0.29, 0.717) is 15.6 Å². The Bertz CT molecular complexity index is 778. The van der Waals surface area contributed by atoms with Crippen LogP contribution in [0.2, 0.25) is 20.1 Å². The maximum Gasteiger partial charge on any atom is 0.240 e. The predicted octanol–water partition coefficient (Wildman–Crippen LogP) is 4.78. The van der Waals surface area contributed by atoms with Crippen molar-refractivity contribution in [2.45, 2.75) is 11.4 Å². The fourth-order valence-corrected chi connectivity index (χ4v) is 3.37. The molecule has 0 fully saturated rings. The van der Waals surface area contributed by atoms with Gasteiger partial charge in [0.05, 0.1) is 25.0 Å². The summed E-state index contributed by atoms with van der Waals surface area (Å²) < 4.78 is 26.8. The van der Waals surface area contributed by atoms with Crippen LogP contribution in [-0.2, 0) is 16.6 Å². The fourth-order valence-electron chi connectivity index (χ4n) is 1.59. The summed E-state index contributed by atoms with van der Waals surface area (Å²) >= 11 is 23.5. The zero-order valence-corrected chi connectivity index (χ0v) is 14.2. The van der Waals surface area contributed by atoms with Crippen molar-refractivity contribution in [3.8, 4) is 0 Å². The summed E-state index contributed by atoms with van der Waals surface area (Å²) in [4.78, 5) is 0.0232. The highest BCUT2D eigenvalue weighted by molar-refractivity contribution is 7.89. The molecule has 21 heavy (non-hydrogen) atoms. The average Bonchev–Trinajstić information content (AvgIpc) is 2.43. The lowest BCUT2D eigenvalue weighted by atomic mass is 10.2. The largest absolute Gasteiger partial charge is 0.240 e. The molecule has 0 saturated heterocycles. The van der Waals surface area contributed by atoms with Crippen LogP contribution >= 0.6 is 46.4 Å². The molecule has 0 saturated carbocycles. The van der Waals surface area contributed by atoms with Crippen LogP contribution in [-0.4, -0.2) is 8.42 Å². The highest BCUT2D eigenvalue weighted by Crippen LogP contribution is 2.27. The Morgan fingerprint density at radius 1 is 0.905 bits per heavy atom. The maximum atomic E-state index is 12.2. The van der Waals surface area contributed by atoms with Crippen LogP contribution in [0.4, 0.5) is 0 Å². The van der Waals surface area contributed by atoms with Crippen molar-refractivity contribution in [2.24, 2.45) is 0 Å². The van der Waals surface area contributed by atoms with Gasteiger partial charge in [-0.05, 0) is 29.8 Å². The van der Waals surface area contributed by atoms with Crippen LogP contribution in [0, 0.1) is 0 Å². The van der Waals surface area contributed by atoms with Gasteiger partial charge in [-0.15, -0.1) is 0 Å². The van der Waals surface area contributed by atoms with Crippen molar-refractivity contribution in [1.29, 1.82) is 0 Å². The molecule has 2 rings (SSSR count). The van der Waals surface area contributed by atoms with Crippen LogP contribution in [0.5, 0.6) is 0 Å². The molecule has 0 unspecified atom stereocenters. The van der Waals surface area contributed by atoms with Gasteiger partial charge in [-0.1, -0.05) is 58.5 Å². The predicted molar refractivity (Wildman–Crippen MR) is 86.9 cm³/mol. The third-order valence-electron chi connectivity index (χ3n) is 2.69. The number of hydrogen-bond acceptors (Lipinski definition) is 2. The molecule has 0 amide bonds. The number of sulfonamides is 1. The Morgan fingerprint density at radius 3 is 2.29 bits per heavy atom. The monoisotopic (exact) mass is 383 g/mol. The van der Waals surface area contributed by atoms with Crippen molar-refractivity contribution >= 4 is 56.4 Å². The minimum absolute atomic E-state index is 0.0158. The molecule has 0 radical (unpaired) electrons. The highest BCUT2D eigenvalue weighted by atomic mass is 35.5. The lowest BCUT2D eigenvalue weighted by molar-refractivity contribution is 0.581. The van der Waals surface area contributed by atoms with Crippen molar-refractivity contribution in [2.75, 3.05) is 0 Å². The van der Waals surface area contributed by atoms with Crippen molar-refractivity contribution in [3.63, 3.8) is 0 Å². The van der Waals surface area contributed by atoms with Gasteiger partial charge in [0.2, 0.25) is 10.0 Å². The zero-order valence-electron chi connectivity index (χ0n) is 10.4. The van der Waals surface area contributed by atoms with Gasteiger partial charge < -0.3 is 0 Å². The summed E-state index contributed by atoms with van der Waals surface area (Å²) in [7, 11) is -3.72. The lowest BCUT2D eigenvalue weighted by Gasteiger charge is -2.09. The van der Waals surface area contributed by atoms with Crippen LogP contribution in [0.15, 0.2) is 41.3 Å². The fraction of sp³-hybridized carbons (Fsp3) is 0.0769. The smallest absolute Gasteiger partial charge is 0.207 e. The van der Waals surface area contributed by atoms with Crippen molar-refractivity contribution in [1.82, 2.24) is 4.72 Å². The van der Waals surface area contributed by atoms with E-state index in [1.54, 1.807) is 18.2 Å². The quantitative estimate of drug-likeness (QED) is 0.824. The van der Waals surface area contributed by atoms with Gasteiger partial charge in [0.15, 0.2) is 0 Å². The number of halogens is 4. The van der Waals surface area contributed by atoms with Gasteiger partial charge in [-0.2, -0.15) is 0 Å². The Balaban J connectivity index is 2.22. The van der Waals surface area contributed by atoms with E-state index in [9.17, 15) is 8.42 Å². The van der Waals surface area contributed by atoms with E-state index in [1.807, 2.05) is 0 Å². The average molecular weight is 385 g/mol. The Morgan fingerprint density at radius 2 is 1.62 bits per heavy atom. The van der Waals surface area contributed by atoms with Crippen LogP contribution in [0.25, 0.3) is 0 Å². The van der Waals surface area contributed by atoms with E-state index in [-0.39, 0.29) is 21.5 Å². The third kappa shape index (κ3) is 4.03. The van der Waals surface area contributed by atoms with Gasteiger partial charge in [-0.25, -0.2) is 13.1 Å². The maximum absolute atomic E-state index is 12.2. The minimum atomic E-state index is -3.72. The van der Waals surface area contributed by atoms with Crippen LogP contribution < -0.4 is 4.72 Å². The molecule has 0 aliphatic heterocycles. The third-order valence-corrected chi connectivity index (χ3v) is 5.68. The van der Waals surface area contributed by atoms with Gasteiger partial charge in [-0.3, -0.25) is 0 Å². The van der Waals surface area contributed by atoms with Crippen molar-refractivity contribution < 1.29 is 8.42 Å². The van der Waals surface area contributed by atoms with Gasteiger partial charge in [0.1, 0.15) is 0 Å². The van der Waals surface area contributed by atoms with E-state index in [4.69, 9.17) is 46.4 Å². The Kier molecular flexibility index (Phi) is 5.41. The first-order valence-electron chi connectivity index (χ1n) is 5.69. The summed E-state index contributed by atoms with van der Waals surface area (Å²) in [6, 6.07) is 9.08. The Hall–Kier alpha value is -0.490. The molecule has 0 aliphatic carbocycles. The number of benzene rings is 2. The molecule has 112 valence electrons. The van der Waals surface area contributed by atoms with Crippen molar-refractivity contribution in [3.05, 3.63) is 62.1 Å². The summed E-state index contributed by atoms with van der Waals surface area (Å²) in [5, 5.41) is 1.13. The van der Waals surface area contributed by atoms with Crippen LogP contribution in [0.1, 0.15) is 5.56 Å². The normalized spacial score (nSPS) is 11.6. The molecule has 0 bridgehead atoms. The molecule has 3 nitrogen and oxygen atoms in total. The first kappa shape index (κ1) is 16.9. The molecule has 1 N–H and O–H groups in total. The van der Waals surface area contributed by atoms with E-state index in [2.05, 4.69) is 4.72 Å². The Labute approximate surface area is 142 Å². The van der Waals surface area contributed by atoms with E-state index >= 15 is 0 Å². The zero-order chi connectivity index (χ0) is 15.6. The SMILES string of the molecule is O=S(=O)(NCc1cccc(Cl)c1Cl)c1ccc(Cl)c(Cl)c1. The molecule has 0 aliphatic rings.